The van der Waals surface area contributed by atoms with Crippen molar-refractivity contribution in [3.8, 4) is 17.0 Å². The van der Waals surface area contributed by atoms with Gasteiger partial charge in [-0.2, -0.15) is 0 Å². The van der Waals surface area contributed by atoms with Gasteiger partial charge in [0, 0.05) is 30.6 Å². The number of anilines is 1. The molecular formula is C34H27Br3N2O6. The summed E-state index contributed by atoms with van der Waals surface area (Å²) in [5.41, 5.74) is 3.79. The molecular weight excluding hydrogens is 772 g/mol. The van der Waals surface area contributed by atoms with Crippen LogP contribution in [0, 0.1) is 18.8 Å². The highest BCUT2D eigenvalue weighted by Crippen LogP contribution is 2.44. The molecule has 1 saturated heterocycles. The van der Waals surface area contributed by atoms with Crippen molar-refractivity contribution in [2.45, 2.75) is 29.4 Å². The number of methoxy groups -OCH3 is 1. The lowest BCUT2D eigenvalue weighted by molar-refractivity contribution is -0.122. The second kappa shape index (κ2) is 12.8. The third-order valence-electron chi connectivity index (χ3n) is 8.37. The van der Waals surface area contributed by atoms with Crippen LogP contribution in [-0.4, -0.2) is 51.9 Å². The highest BCUT2D eigenvalue weighted by atomic mass is 79.9. The first kappa shape index (κ1) is 31.6. The first-order valence-electron chi connectivity index (χ1n) is 14.3. The number of ketones is 1. The molecule has 2 heterocycles. The van der Waals surface area contributed by atoms with E-state index >= 15 is 0 Å². The lowest BCUT2D eigenvalue weighted by atomic mass is 9.81. The van der Waals surface area contributed by atoms with E-state index in [1.165, 1.54) is 4.90 Å². The molecule has 0 N–H and O–H groups in total. The molecule has 1 aliphatic heterocycles. The van der Waals surface area contributed by atoms with Crippen molar-refractivity contribution in [2.24, 2.45) is 11.8 Å². The molecule has 3 aromatic carbocycles. The minimum absolute atomic E-state index is 0.127. The Morgan fingerprint density at radius 1 is 0.911 bits per heavy atom. The van der Waals surface area contributed by atoms with Crippen LogP contribution in [0.1, 0.15) is 39.1 Å². The highest BCUT2D eigenvalue weighted by molar-refractivity contribution is 9.12. The van der Waals surface area contributed by atoms with Gasteiger partial charge >= 0.3 is 5.97 Å². The number of Topliss-reactive ketones (excluding diaryl/α,β-unsaturated/α-hetero) is 1. The monoisotopic (exact) mass is 796 g/mol. The Bertz CT molecular complexity index is 1820. The molecule has 4 atom stereocenters. The van der Waals surface area contributed by atoms with E-state index in [2.05, 4.69) is 47.8 Å². The van der Waals surface area contributed by atoms with Crippen molar-refractivity contribution < 1.29 is 28.7 Å². The Kier molecular flexibility index (Phi) is 8.96. The third kappa shape index (κ3) is 6.09. The average molecular weight is 799 g/mol. The fourth-order valence-corrected chi connectivity index (χ4v) is 7.78. The van der Waals surface area contributed by atoms with E-state index in [9.17, 15) is 19.2 Å². The molecule has 6 rings (SSSR count). The number of aromatic nitrogens is 1. The van der Waals surface area contributed by atoms with Crippen molar-refractivity contribution in [3.63, 3.8) is 0 Å². The van der Waals surface area contributed by atoms with Gasteiger partial charge < -0.3 is 9.47 Å². The first-order valence-corrected chi connectivity index (χ1v) is 16.9. The number of nitrogens with zero attached hydrogens (tertiary/aromatic N) is 2. The van der Waals surface area contributed by atoms with Gasteiger partial charge in [0.05, 0.1) is 41.4 Å². The van der Waals surface area contributed by atoms with Gasteiger partial charge in [-0.1, -0.05) is 59.9 Å². The quantitative estimate of drug-likeness (QED) is 0.0829. The van der Waals surface area contributed by atoms with Crippen LogP contribution < -0.4 is 9.64 Å². The SMILES string of the molecule is COc1ccc(C(=O)COC(=O)c2cc(-c3ccc(N4C(=O)C5CC(Br)C(Br)CC5C4=O)cc3)nc3c(C)cc(Br)cc23)cc1. The zero-order valence-corrected chi connectivity index (χ0v) is 29.0. The third-order valence-corrected chi connectivity index (χ3v) is 11.6. The molecule has 230 valence electrons. The Morgan fingerprint density at radius 3 is 2.13 bits per heavy atom. The van der Waals surface area contributed by atoms with Gasteiger partial charge in [0.25, 0.3) is 0 Å². The van der Waals surface area contributed by atoms with Crippen molar-refractivity contribution in [1.29, 1.82) is 0 Å². The average Bonchev–Trinajstić information content (AvgIpc) is 3.27. The molecule has 8 nitrogen and oxygen atoms in total. The van der Waals surface area contributed by atoms with Gasteiger partial charge in [0.2, 0.25) is 11.8 Å². The van der Waals surface area contributed by atoms with Crippen molar-refractivity contribution in [3.05, 3.63) is 87.9 Å². The topological polar surface area (TPSA) is 103 Å². The highest BCUT2D eigenvalue weighted by Gasteiger charge is 2.52. The standard InChI is InChI=1S/C34H27Br3N2O6/c1-17-11-20(35)12-23-26(34(43)45-16-30(40)19-5-9-22(44-2)10-6-19)15-29(38-31(17)23)18-3-7-21(8-4-18)39-32(41)24-13-27(36)28(37)14-25(24)33(39)42/h3-12,15,24-25,27-28H,13-14,16H2,1-2H3. The maximum absolute atomic E-state index is 13.4. The zero-order chi connectivity index (χ0) is 32.0. The van der Waals surface area contributed by atoms with E-state index in [0.717, 1.165) is 10.0 Å². The minimum atomic E-state index is -0.661. The van der Waals surface area contributed by atoms with Gasteiger partial charge in [-0.3, -0.25) is 19.3 Å². The summed E-state index contributed by atoms with van der Waals surface area (Å²) in [5, 5.41) is 0.579. The van der Waals surface area contributed by atoms with Gasteiger partial charge in [0.15, 0.2) is 12.4 Å². The maximum Gasteiger partial charge on any atom is 0.339 e. The van der Waals surface area contributed by atoms with E-state index in [0.29, 0.717) is 52.0 Å². The second-order valence-corrected chi connectivity index (χ2v) is 14.4. The summed E-state index contributed by atoms with van der Waals surface area (Å²) in [7, 11) is 1.54. The molecule has 1 aliphatic carbocycles. The molecule has 2 amide bonds. The number of carbonyl (C=O) groups is 4. The van der Waals surface area contributed by atoms with Crippen LogP contribution >= 0.6 is 47.8 Å². The van der Waals surface area contributed by atoms with Crippen LogP contribution in [-0.2, 0) is 14.3 Å². The summed E-state index contributed by atoms with van der Waals surface area (Å²) < 4.78 is 11.4. The summed E-state index contributed by atoms with van der Waals surface area (Å²) in [5.74, 6) is -1.44. The summed E-state index contributed by atoms with van der Waals surface area (Å²) in [6, 6.07) is 18.9. The fraction of sp³-hybridized carbons (Fsp3) is 0.265. The number of halogens is 3. The van der Waals surface area contributed by atoms with Gasteiger partial charge in [-0.25, -0.2) is 9.78 Å². The minimum Gasteiger partial charge on any atom is -0.497 e. The number of hydrogen-bond acceptors (Lipinski definition) is 7. The Morgan fingerprint density at radius 2 is 1.53 bits per heavy atom. The number of rotatable bonds is 7. The molecule has 45 heavy (non-hydrogen) atoms. The number of fused-ring (bicyclic) bond motifs is 2. The van der Waals surface area contributed by atoms with E-state index in [1.54, 1.807) is 67.8 Å². The van der Waals surface area contributed by atoms with Crippen LogP contribution in [0.5, 0.6) is 5.75 Å². The fourth-order valence-electron chi connectivity index (χ4n) is 5.97. The molecule has 1 saturated carbocycles. The molecule has 4 unspecified atom stereocenters. The Balaban J connectivity index is 1.28. The van der Waals surface area contributed by atoms with Crippen LogP contribution in [0.3, 0.4) is 0 Å². The van der Waals surface area contributed by atoms with Crippen LogP contribution in [0.4, 0.5) is 5.69 Å². The number of pyridine rings is 1. The number of esters is 1. The molecule has 0 radical (unpaired) electrons. The van der Waals surface area contributed by atoms with E-state index < -0.39 is 12.6 Å². The molecule has 2 aliphatic rings. The number of imide groups is 1. The molecule has 4 aromatic rings. The summed E-state index contributed by atoms with van der Waals surface area (Å²) in [6.45, 7) is 1.46. The van der Waals surface area contributed by atoms with Gasteiger partial charge in [0.1, 0.15) is 5.75 Å². The molecule has 0 bridgehead atoms. The Labute approximate surface area is 284 Å². The number of alkyl halides is 2. The number of benzene rings is 3. The normalized spacial score (nSPS) is 21.1. The predicted molar refractivity (Wildman–Crippen MR) is 181 cm³/mol. The summed E-state index contributed by atoms with van der Waals surface area (Å²) >= 11 is 10.8. The van der Waals surface area contributed by atoms with E-state index in [4.69, 9.17) is 14.5 Å². The number of amides is 2. The lowest BCUT2D eigenvalue weighted by Crippen LogP contribution is -2.34. The molecule has 1 aromatic heterocycles. The largest absolute Gasteiger partial charge is 0.497 e. The van der Waals surface area contributed by atoms with Crippen molar-refractivity contribution >= 4 is 87.9 Å². The van der Waals surface area contributed by atoms with Crippen LogP contribution in [0.15, 0.2) is 71.2 Å². The number of hydrogen-bond donors (Lipinski definition) is 0. The van der Waals surface area contributed by atoms with E-state index in [1.807, 2.05) is 13.0 Å². The maximum atomic E-state index is 13.4. The van der Waals surface area contributed by atoms with Crippen molar-refractivity contribution in [1.82, 2.24) is 4.98 Å². The van der Waals surface area contributed by atoms with Crippen LogP contribution in [0.25, 0.3) is 22.2 Å². The second-order valence-electron chi connectivity index (χ2n) is 11.2. The number of ether oxygens (including phenoxy) is 2. The van der Waals surface area contributed by atoms with Crippen LogP contribution in [0.2, 0.25) is 0 Å². The number of carbonyl (C=O) groups excluding carboxylic acids is 4. The van der Waals surface area contributed by atoms with Gasteiger partial charge in [-0.15, -0.1) is 0 Å². The van der Waals surface area contributed by atoms with Gasteiger partial charge in [-0.05, 0) is 79.9 Å². The molecule has 11 heteroatoms. The van der Waals surface area contributed by atoms with Crippen molar-refractivity contribution in [2.75, 3.05) is 18.6 Å². The zero-order valence-electron chi connectivity index (χ0n) is 24.3. The first-order chi connectivity index (χ1) is 21.5. The summed E-state index contributed by atoms with van der Waals surface area (Å²) in [6.07, 6.45) is 1.20. The number of aryl methyl sites for hydroxylation is 1. The molecule has 2 fully saturated rings. The summed E-state index contributed by atoms with van der Waals surface area (Å²) in [4.78, 5) is 59.2. The molecule has 0 spiro atoms. The lowest BCUT2D eigenvalue weighted by Gasteiger charge is -2.29. The smallest absolute Gasteiger partial charge is 0.339 e. The Hall–Kier alpha value is -3.41. The van der Waals surface area contributed by atoms with E-state index in [-0.39, 0.29) is 44.7 Å². The predicted octanol–water partition coefficient (Wildman–Crippen LogP) is 7.45.